The second kappa shape index (κ2) is 3.11. The standard InChI is InChI=1S/C10H13ClN2/c1-7-4-5-13(7)10-3-2-8(12)6-9(10)11/h2-3,6-7H,4-5,12H2,1H3. The van der Waals surface area contributed by atoms with E-state index in [1.165, 1.54) is 6.42 Å². The number of benzene rings is 1. The van der Waals surface area contributed by atoms with Gasteiger partial charge in [0.25, 0.3) is 0 Å². The Labute approximate surface area is 83.3 Å². The molecule has 0 aliphatic carbocycles. The van der Waals surface area contributed by atoms with Gasteiger partial charge in [-0.05, 0) is 31.5 Å². The van der Waals surface area contributed by atoms with E-state index in [0.717, 1.165) is 22.9 Å². The number of hydrogen-bond donors (Lipinski definition) is 1. The summed E-state index contributed by atoms with van der Waals surface area (Å²) in [5, 5.41) is 0.756. The zero-order valence-electron chi connectivity index (χ0n) is 7.63. The van der Waals surface area contributed by atoms with Crippen LogP contribution in [0.3, 0.4) is 0 Å². The smallest absolute Gasteiger partial charge is 0.0660 e. The third-order valence-electron chi connectivity index (χ3n) is 2.60. The lowest BCUT2D eigenvalue weighted by atomic mass is 10.0. The minimum atomic E-state index is 0.612. The highest BCUT2D eigenvalue weighted by Crippen LogP contribution is 2.33. The first-order valence-corrected chi connectivity index (χ1v) is 4.88. The van der Waals surface area contributed by atoms with E-state index in [1.54, 1.807) is 0 Å². The van der Waals surface area contributed by atoms with Gasteiger partial charge >= 0.3 is 0 Å². The van der Waals surface area contributed by atoms with E-state index in [2.05, 4.69) is 11.8 Å². The Kier molecular flexibility index (Phi) is 2.08. The van der Waals surface area contributed by atoms with Crippen LogP contribution in [0.2, 0.25) is 5.02 Å². The Bertz CT molecular complexity index is 325. The summed E-state index contributed by atoms with van der Waals surface area (Å²) in [7, 11) is 0. The molecule has 1 aromatic rings. The molecule has 1 heterocycles. The number of hydrogen-bond acceptors (Lipinski definition) is 2. The fraction of sp³-hybridized carbons (Fsp3) is 0.400. The molecule has 0 spiro atoms. The molecule has 2 rings (SSSR count). The topological polar surface area (TPSA) is 29.3 Å². The van der Waals surface area contributed by atoms with Crippen LogP contribution < -0.4 is 10.6 Å². The van der Waals surface area contributed by atoms with Crippen molar-refractivity contribution in [3.05, 3.63) is 23.2 Å². The lowest BCUT2D eigenvalue weighted by Gasteiger charge is -2.41. The molecule has 2 nitrogen and oxygen atoms in total. The Morgan fingerprint density at radius 1 is 1.54 bits per heavy atom. The first kappa shape index (κ1) is 8.70. The number of halogens is 1. The van der Waals surface area contributed by atoms with Gasteiger partial charge in [-0.1, -0.05) is 11.6 Å². The summed E-state index contributed by atoms with van der Waals surface area (Å²) < 4.78 is 0. The van der Waals surface area contributed by atoms with Crippen molar-refractivity contribution in [1.82, 2.24) is 0 Å². The SMILES string of the molecule is CC1CCN1c1ccc(N)cc1Cl. The van der Waals surface area contributed by atoms with Gasteiger partial charge in [-0.25, -0.2) is 0 Å². The first-order chi connectivity index (χ1) is 6.18. The monoisotopic (exact) mass is 196 g/mol. The fourth-order valence-corrected chi connectivity index (χ4v) is 1.93. The molecule has 0 saturated carbocycles. The number of rotatable bonds is 1. The van der Waals surface area contributed by atoms with Gasteiger partial charge in [0.05, 0.1) is 10.7 Å². The fourth-order valence-electron chi connectivity index (χ4n) is 1.63. The molecule has 2 N–H and O–H groups in total. The number of nitrogens with zero attached hydrogens (tertiary/aromatic N) is 1. The van der Waals surface area contributed by atoms with E-state index in [0.29, 0.717) is 6.04 Å². The molecule has 0 aromatic heterocycles. The summed E-state index contributed by atoms with van der Waals surface area (Å²) >= 11 is 6.08. The van der Waals surface area contributed by atoms with Crippen molar-refractivity contribution < 1.29 is 0 Å². The Hall–Kier alpha value is -0.890. The molecule has 70 valence electrons. The van der Waals surface area contributed by atoms with Crippen molar-refractivity contribution in [1.29, 1.82) is 0 Å². The zero-order chi connectivity index (χ0) is 9.42. The Morgan fingerprint density at radius 3 is 2.77 bits per heavy atom. The summed E-state index contributed by atoms with van der Waals surface area (Å²) in [4.78, 5) is 2.29. The number of nitrogens with two attached hydrogens (primary N) is 1. The van der Waals surface area contributed by atoms with Crippen molar-refractivity contribution in [2.45, 2.75) is 19.4 Å². The van der Waals surface area contributed by atoms with Crippen LogP contribution in [0.4, 0.5) is 11.4 Å². The van der Waals surface area contributed by atoms with E-state index >= 15 is 0 Å². The van der Waals surface area contributed by atoms with Crippen molar-refractivity contribution in [2.75, 3.05) is 17.2 Å². The van der Waals surface area contributed by atoms with Crippen molar-refractivity contribution in [3.8, 4) is 0 Å². The highest BCUT2D eigenvalue weighted by Gasteiger charge is 2.24. The second-order valence-electron chi connectivity index (χ2n) is 3.54. The van der Waals surface area contributed by atoms with E-state index < -0.39 is 0 Å². The molecule has 1 unspecified atom stereocenters. The van der Waals surface area contributed by atoms with Gasteiger partial charge in [-0.15, -0.1) is 0 Å². The largest absolute Gasteiger partial charge is 0.399 e. The molecule has 0 bridgehead atoms. The molecule has 1 fully saturated rings. The molecule has 0 radical (unpaired) electrons. The first-order valence-electron chi connectivity index (χ1n) is 4.50. The van der Waals surface area contributed by atoms with Crippen LogP contribution in [0.15, 0.2) is 18.2 Å². The lowest BCUT2D eigenvalue weighted by Crippen LogP contribution is -2.45. The summed E-state index contributed by atoms with van der Waals surface area (Å²) in [6, 6.07) is 6.31. The van der Waals surface area contributed by atoms with Gasteiger partial charge < -0.3 is 10.6 Å². The van der Waals surface area contributed by atoms with Gasteiger partial charge in [-0.3, -0.25) is 0 Å². The minimum absolute atomic E-state index is 0.612. The Morgan fingerprint density at radius 2 is 2.31 bits per heavy atom. The van der Waals surface area contributed by atoms with E-state index in [9.17, 15) is 0 Å². The van der Waals surface area contributed by atoms with Gasteiger partial charge in [0.15, 0.2) is 0 Å². The van der Waals surface area contributed by atoms with Crippen LogP contribution in [0.25, 0.3) is 0 Å². The number of anilines is 2. The van der Waals surface area contributed by atoms with E-state index in [1.807, 2.05) is 18.2 Å². The maximum atomic E-state index is 6.08. The zero-order valence-corrected chi connectivity index (χ0v) is 8.38. The summed E-state index contributed by atoms with van der Waals surface area (Å²) in [5.74, 6) is 0. The summed E-state index contributed by atoms with van der Waals surface area (Å²) in [5.41, 5.74) is 7.45. The van der Waals surface area contributed by atoms with Crippen molar-refractivity contribution in [2.24, 2.45) is 0 Å². The predicted molar refractivity (Wildman–Crippen MR) is 57.3 cm³/mol. The molecular formula is C10H13ClN2. The van der Waals surface area contributed by atoms with Gasteiger partial charge in [0.2, 0.25) is 0 Å². The average molecular weight is 197 g/mol. The van der Waals surface area contributed by atoms with Crippen LogP contribution in [0.5, 0.6) is 0 Å². The maximum Gasteiger partial charge on any atom is 0.0660 e. The van der Waals surface area contributed by atoms with Crippen LogP contribution in [-0.4, -0.2) is 12.6 Å². The van der Waals surface area contributed by atoms with Crippen LogP contribution in [0.1, 0.15) is 13.3 Å². The molecule has 0 amide bonds. The van der Waals surface area contributed by atoms with Crippen LogP contribution >= 0.6 is 11.6 Å². The van der Waals surface area contributed by atoms with Crippen LogP contribution in [-0.2, 0) is 0 Å². The predicted octanol–water partition coefficient (Wildman–Crippen LogP) is 2.52. The summed E-state index contributed by atoms with van der Waals surface area (Å²) in [6.07, 6.45) is 1.25. The van der Waals surface area contributed by atoms with Crippen molar-refractivity contribution >= 4 is 23.0 Å². The van der Waals surface area contributed by atoms with Gasteiger partial charge in [0, 0.05) is 18.3 Å². The molecule has 1 aliphatic heterocycles. The normalized spacial score (nSPS) is 21.4. The average Bonchev–Trinajstić information content (AvgIpc) is 2.07. The second-order valence-corrected chi connectivity index (χ2v) is 3.95. The van der Waals surface area contributed by atoms with E-state index in [4.69, 9.17) is 17.3 Å². The van der Waals surface area contributed by atoms with Crippen molar-refractivity contribution in [3.63, 3.8) is 0 Å². The minimum Gasteiger partial charge on any atom is -0.399 e. The molecule has 1 aromatic carbocycles. The van der Waals surface area contributed by atoms with E-state index in [-0.39, 0.29) is 0 Å². The third-order valence-corrected chi connectivity index (χ3v) is 2.90. The maximum absolute atomic E-state index is 6.08. The molecule has 1 atom stereocenters. The highest BCUT2D eigenvalue weighted by molar-refractivity contribution is 6.33. The van der Waals surface area contributed by atoms with Crippen LogP contribution in [0, 0.1) is 0 Å². The third kappa shape index (κ3) is 1.46. The highest BCUT2D eigenvalue weighted by atomic mass is 35.5. The lowest BCUT2D eigenvalue weighted by molar-refractivity contribution is 0.481. The molecular weight excluding hydrogens is 184 g/mol. The Balaban J connectivity index is 2.30. The van der Waals surface area contributed by atoms with Gasteiger partial charge in [-0.2, -0.15) is 0 Å². The summed E-state index contributed by atoms with van der Waals surface area (Å²) in [6.45, 7) is 3.31. The van der Waals surface area contributed by atoms with Gasteiger partial charge in [0.1, 0.15) is 0 Å². The molecule has 13 heavy (non-hydrogen) atoms. The quantitative estimate of drug-likeness (QED) is 0.700. The molecule has 1 aliphatic rings. The molecule has 3 heteroatoms. The molecule has 1 saturated heterocycles. The number of nitrogen functional groups attached to an aromatic ring is 1.